The SMILES string of the molecule is O=C(CC1CCCN1)N1CCC(c2nc3ccccc3s2)CC1. The molecule has 2 aliphatic rings. The van der Waals surface area contributed by atoms with Crippen LogP contribution in [-0.2, 0) is 4.79 Å². The molecule has 1 N–H and O–H groups in total. The number of aromatic nitrogens is 1. The van der Waals surface area contributed by atoms with Gasteiger partial charge in [-0.05, 0) is 44.4 Å². The number of carbonyl (C=O) groups is 1. The van der Waals surface area contributed by atoms with Gasteiger partial charge in [-0.15, -0.1) is 11.3 Å². The molecular formula is C18H23N3OS. The van der Waals surface area contributed by atoms with Crippen molar-refractivity contribution in [2.75, 3.05) is 19.6 Å². The van der Waals surface area contributed by atoms with Crippen molar-refractivity contribution in [3.8, 4) is 0 Å². The molecule has 1 amide bonds. The molecule has 2 saturated heterocycles. The molecule has 0 saturated carbocycles. The van der Waals surface area contributed by atoms with E-state index in [2.05, 4.69) is 28.4 Å². The Bertz CT molecular complexity index is 651. The third kappa shape index (κ3) is 3.26. The summed E-state index contributed by atoms with van der Waals surface area (Å²) in [6.45, 7) is 2.83. The fourth-order valence-electron chi connectivity index (χ4n) is 3.71. The van der Waals surface area contributed by atoms with E-state index < -0.39 is 0 Å². The highest BCUT2D eigenvalue weighted by Crippen LogP contribution is 2.34. The van der Waals surface area contributed by atoms with E-state index in [-0.39, 0.29) is 0 Å². The Balaban J connectivity index is 1.35. The van der Waals surface area contributed by atoms with Gasteiger partial charge in [-0.3, -0.25) is 4.79 Å². The van der Waals surface area contributed by atoms with Crippen LogP contribution in [0.25, 0.3) is 10.2 Å². The molecule has 1 aromatic heterocycles. The number of nitrogens with zero attached hydrogens (tertiary/aromatic N) is 2. The number of fused-ring (bicyclic) bond motifs is 1. The molecule has 2 aromatic rings. The van der Waals surface area contributed by atoms with Crippen LogP contribution in [0.15, 0.2) is 24.3 Å². The standard InChI is InChI=1S/C18H23N3OS/c22-17(12-14-4-3-9-19-14)21-10-7-13(8-11-21)18-20-15-5-1-2-6-16(15)23-18/h1-2,5-6,13-14,19H,3-4,7-12H2. The lowest BCUT2D eigenvalue weighted by atomic mass is 9.97. The average molecular weight is 329 g/mol. The van der Waals surface area contributed by atoms with E-state index in [4.69, 9.17) is 4.98 Å². The number of thiazole rings is 1. The summed E-state index contributed by atoms with van der Waals surface area (Å²) >= 11 is 1.82. The molecule has 0 radical (unpaired) electrons. The van der Waals surface area contributed by atoms with Gasteiger partial charge in [-0.1, -0.05) is 12.1 Å². The van der Waals surface area contributed by atoms with E-state index in [9.17, 15) is 4.79 Å². The zero-order valence-corrected chi connectivity index (χ0v) is 14.1. The van der Waals surface area contributed by atoms with E-state index in [0.29, 0.717) is 24.3 Å². The lowest BCUT2D eigenvalue weighted by Crippen LogP contribution is -2.40. The Hall–Kier alpha value is -1.46. The number of hydrogen-bond acceptors (Lipinski definition) is 4. The molecular weight excluding hydrogens is 306 g/mol. The van der Waals surface area contributed by atoms with Crippen LogP contribution in [0.2, 0.25) is 0 Å². The van der Waals surface area contributed by atoms with Crippen molar-refractivity contribution in [1.29, 1.82) is 0 Å². The molecule has 0 spiro atoms. The smallest absolute Gasteiger partial charge is 0.224 e. The molecule has 0 aliphatic carbocycles. The van der Waals surface area contributed by atoms with Crippen LogP contribution in [0, 0.1) is 0 Å². The van der Waals surface area contributed by atoms with Gasteiger partial charge < -0.3 is 10.2 Å². The number of hydrogen-bond donors (Lipinski definition) is 1. The molecule has 122 valence electrons. The molecule has 1 unspecified atom stereocenters. The Kier molecular flexibility index (Phi) is 4.31. The molecule has 2 fully saturated rings. The van der Waals surface area contributed by atoms with Gasteiger partial charge in [0.2, 0.25) is 5.91 Å². The summed E-state index contributed by atoms with van der Waals surface area (Å²) in [6.07, 6.45) is 5.12. The van der Waals surface area contributed by atoms with E-state index in [1.54, 1.807) is 0 Å². The van der Waals surface area contributed by atoms with E-state index >= 15 is 0 Å². The van der Waals surface area contributed by atoms with Crippen LogP contribution >= 0.6 is 11.3 Å². The molecule has 1 atom stereocenters. The summed E-state index contributed by atoms with van der Waals surface area (Å²) in [5.74, 6) is 0.841. The molecule has 4 rings (SSSR count). The molecule has 5 heteroatoms. The second kappa shape index (κ2) is 6.57. The van der Waals surface area contributed by atoms with Crippen LogP contribution in [0.5, 0.6) is 0 Å². The number of amides is 1. The van der Waals surface area contributed by atoms with Gasteiger partial charge in [-0.25, -0.2) is 4.98 Å². The number of likely N-dealkylation sites (tertiary alicyclic amines) is 1. The topological polar surface area (TPSA) is 45.2 Å². The van der Waals surface area contributed by atoms with Crippen molar-refractivity contribution in [1.82, 2.24) is 15.2 Å². The fraction of sp³-hybridized carbons (Fsp3) is 0.556. The number of nitrogens with one attached hydrogen (secondary N) is 1. The lowest BCUT2D eigenvalue weighted by molar-refractivity contribution is -0.132. The van der Waals surface area contributed by atoms with Gasteiger partial charge in [0.1, 0.15) is 0 Å². The number of carbonyl (C=O) groups excluding carboxylic acids is 1. The maximum absolute atomic E-state index is 12.4. The first-order valence-electron chi connectivity index (χ1n) is 8.66. The molecule has 4 nitrogen and oxygen atoms in total. The Morgan fingerprint density at radius 3 is 2.83 bits per heavy atom. The second-order valence-corrected chi connectivity index (χ2v) is 7.73. The summed E-state index contributed by atoms with van der Waals surface area (Å²) in [4.78, 5) is 19.3. The zero-order chi connectivity index (χ0) is 15.6. The zero-order valence-electron chi connectivity index (χ0n) is 13.3. The lowest BCUT2D eigenvalue weighted by Gasteiger charge is -2.31. The molecule has 0 bridgehead atoms. The molecule has 23 heavy (non-hydrogen) atoms. The Morgan fingerprint density at radius 2 is 2.09 bits per heavy atom. The highest BCUT2D eigenvalue weighted by molar-refractivity contribution is 7.18. The molecule has 3 heterocycles. The third-order valence-electron chi connectivity index (χ3n) is 5.09. The van der Waals surface area contributed by atoms with Crippen LogP contribution in [0.1, 0.15) is 43.0 Å². The van der Waals surface area contributed by atoms with Gasteiger partial charge in [0.15, 0.2) is 0 Å². The maximum atomic E-state index is 12.4. The van der Waals surface area contributed by atoms with Crippen molar-refractivity contribution in [3.05, 3.63) is 29.3 Å². The van der Waals surface area contributed by atoms with Crippen molar-refractivity contribution < 1.29 is 4.79 Å². The van der Waals surface area contributed by atoms with Crippen molar-refractivity contribution in [3.63, 3.8) is 0 Å². The quantitative estimate of drug-likeness (QED) is 0.941. The monoisotopic (exact) mass is 329 g/mol. The number of benzene rings is 1. The minimum absolute atomic E-state index is 0.326. The number of rotatable bonds is 3. The van der Waals surface area contributed by atoms with Gasteiger partial charge in [0.05, 0.1) is 15.2 Å². The van der Waals surface area contributed by atoms with Crippen molar-refractivity contribution in [2.24, 2.45) is 0 Å². The maximum Gasteiger partial charge on any atom is 0.224 e. The minimum atomic E-state index is 0.326. The van der Waals surface area contributed by atoms with Crippen LogP contribution in [-0.4, -0.2) is 41.5 Å². The summed E-state index contributed by atoms with van der Waals surface area (Å²) < 4.78 is 1.27. The number of para-hydroxylation sites is 1. The highest BCUT2D eigenvalue weighted by atomic mass is 32.1. The first kappa shape index (κ1) is 15.1. The van der Waals surface area contributed by atoms with Gasteiger partial charge in [0.25, 0.3) is 0 Å². The largest absolute Gasteiger partial charge is 0.343 e. The summed E-state index contributed by atoms with van der Waals surface area (Å²) in [5, 5.41) is 4.67. The Labute approximate surface area is 140 Å². The van der Waals surface area contributed by atoms with Crippen LogP contribution in [0.4, 0.5) is 0 Å². The third-order valence-corrected chi connectivity index (χ3v) is 6.29. The van der Waals surface area contributed by atoms with Crippen molar-refractivity contribution >= 4 is 27.5 Å². The first-order valence-corrected chi connectivity index (χ1v) is 9.48. The van der Waals surface area contributed by atoms with E-state index in [1.165, 1.54) is 16.1 Å². The second-order valence-electron chi connectivity index (χ2n) is 6.67. The summed E-state index contributed by atoms with van der Waals surface area (Å²) in [7, 11) is 0. The van der Waals surface area contributed by atoms with Gasteiger partial charge in [-0.2, -0.15) is 0 Å². The molecule has 1 aromatic carbocycles. The van der Waals surface area contributed by atoms with Gasteiger partial charge >= 0.3 is 0 Å². The first-order chi connectivity index (χ1) is 11.3. The predicted molar refractivity (Wildman–Crippen MR) is 93.8 cm³/mol. The summed E-state index contributed by atoms with van der Waals surface area (Å²) in [6, 6.07) is 8.75. The average Bonchev–Trinajstić information content (AvgIpc) is 3.24. The normalized spacial score (nSPS) is 22.8. The highest BCUT2D eigenvalue weighted by Gasteiger charge is 2.27. The van der Waals surface area contributed by atoms with Crippen LogP contribution in [0.3, 0.4) is 0 Å². The Morgan fingerprint density at radius 1 is 1.26 bits per heavy atom. The summed E-state index contributed by atoms with van der Waals surface area (Å²) in [5.41, 5.74) is 1.11. The van der Waals surface area contributed by atoms with Crippen molar-refractivity contribution in [2.45, 2.75) is 44.1 Å². The van der Waals surface area contributed by atoms with Gasteiger partial charge in [0, 0.05) is 31.5 Å². The minimum Gasteiger partial charge on any atom is -0.343 e. The molecule has 2 aliphatic heterocycles. The predicted octanol–water partition coefficient (Wildman–Crippen LogP) is 3.14. The fourth-order valence-corrected chi connectivity index (χ4v) is 4.85. The van der Waals surface area contributed by atoms with Crippen LogP contribution < -0.4 is 5.32 Å². The van der Waals surface area contributed by atoms with E-state index in [1.807, 2.05) is 17.4 Å². The number of piperidine rings is 1. The van der Waals surface area contributed by atoms with E-state index in [0.717, 1.165) is 44.4 Å².